The number of hydrogen-bond acceptors (Lipinski definition) is 5. The Kier molecular flexibility index (Phi) is 5.91. The molecule has 0 aromatic rings. The van der Waals surface area contributed by atoms with Crippen LogP contribution in [0.15, 0.2) is 0 Å². The molecule has 3 amide bonds. The largest absolute Gasteiger partial charge is 0.383 e. The van der Waals surface area contributed by atoms with Gasteiger partial charge in [-0.15, -0.1) is 0 Å². The zero-order valence-corrected chi connectivity index (χ0v) is 11.6. The van der Waals surface area contributed by atoms with Gasteiger partial charge in [0.25, 0.3) is 0 Å². The smallest absolute Gasteiger partial charge is 0.247 e. The Hall–Kier alpha value is -1.47. The van der Waals surface area contributed by atoms with Gasteiger partial charge in [0.2, 0.25) is 17.7 Å². The van der Waals surface area contributed by atoms with E-state index >= 15 is 0 Å². The molecule has 0 radical (unpaired) electrons. The van der Waals surface area contributed by atoms with Crippen LogP contribution in [-0.4, -0.2) is 61.5 Å². The third-order valence-corrected chi connectivity index (χ3v) is 2.84. The first kappa shape index (κ1) is 15.6. The molecule has 0 bridgehead atoms. The van der Waals surface area contributed by atoms with Gasteiger partial charge in [-0.3, -0.25) is 24.6 Å². The quantitative estimate of drug-likeness (QED) is 0.452. The van der Waals surface area contributed by atoms with Crippen molar-refractivity contribution in [1.29, 1.82) is 0 Å². The highest BCUT2D eigenvalue weighted by molar-refractivity contribution is 6.06. The molecule has 1 fully saturated rings. The van der Waals surface area contributed by atoms with Crippen LogP contribution in [0, 0.1) is 0 Å². The molecule has 1 aliphatic heterocycles. The summed E-state index contributed by atoms with van der Waals surface area (Å²) in [5.74, 6) is -0.678. The number of rotatable bonds is 7. The van der Waals surface area contributed by atoms with Gasteiger partial charge in [0.05, 0.1) is 25.6 Å². The Morgan fingerprint density at radius 2 is 2.16 bits per heavy atom. The first-order valence-corrected chi connectivity index (χ1v) is 6.32. The van der Waals surface area contributed by atoms with Crippen molar-refractivity contribution >= 4 is 17.7 Å². The van der Waals surface area contributed by atoms with E-state index in [4.69, 9.17) is 4.74 Å². The minimum Gasteiger partial charge on any atom is -0.383 e. The summed E-state index contributed by atoms with van der Waals surface area (Å²) in [6.45, 7) is 4.45. The minimum absolute atomic E-state index is 0.0132. The summed E-state index contributed by atoms with van der Waals surface area (Å²) in [5.41, 5.74) is 0. The van der Waals surface area contributed by atoms with Crippen molar-refractivity contribution < 1.29 is 19.1 Å². The average Bonchev–Trinajstić information content (AvgIpc) is 2.62. The van der Waals surface area contributed by atoms with Gasteiger partial charge < -0.3 is 10.1 Å². The molecule has 1 aliphatic rings. The molecule has 2 N–H and O–H groups in total. The SMILES string of the molecule is COCCNC(=O)CNC1CC(=O)N(C(C)C)C1=O. The highest BCUT2D eigenvalue weighted by Gasteiger charge is 2.39. The molecule has 1 atom stereocenters. The van der Waals surface area contributed by atoms with Crippen molar-refractivity contribution in [2.24, 2.45) is 0 Å². The third-order valence-electron chi connectivity index (χ3n) is 2.84. The summed E-state index contributed by atoms with van der Waals surface area (Å²) < 4.78 is 4.80. The van der Waals surface area contributed by atoms with Crippen LogP contribution in [0.5, 0.6) is 0 Å². The molecular weight excluding hydrogens is 250 g/mol. The molecule has 108 valence electrons. The summed E-state index contributed by atoms with van der Waals surface area (Å²) in [5, 5.41) is 5.44. The number of methoxy groups -OCH3 is 1. The summed E-state index contributed by atoms with van der Waals surface area (Å²) >= 11 is 0. The van der Waals surface area contributed by atoms with E-state index in [1.54, 1.807) is 21.0 Å². The van der Waals surface area contributed by atoms with E-state index in [0.29, 0.717) is 13.2 Å². The van der Waals surface area contributed by atoms with Crippen LogP contribution in [0.25, 0.3) is 0 Å². The molecule has 1 rings (SSSR count). The van der Waals surface area contributed by atoms with Gasteiger partial charge >= 0.3 is 0 Å². The molecule has 1 heterocycles. The minimum atomic E-state index is -0.594. The van der Waals surface area contributed by atoms with Crippen molar-refractivity contribution in [1.82, 2.24) is 15.5 Å². The highest BCUT2D eigenvalue weighted by Crippen LogP contribution is 2.15. The van der Waals surface area contributed by atoms with Crippen LogP contribution >= 0.6 is 0 Å². The lowest BCUT2D eigenvalue weighted by atomic mass is 10.2. The van der Waals surface area contributed by atoms with Gasteiger partial charge in [0, 0.05) is 19.7 Å². The van der Waals surface area contributed by atoms with Crippen LogP contribution in [0.1, 0.15) is 20.3 Å². The number of carbonyl (C=O) groups excluding carboxylic acids is 3. The monoisotopic (exact) mass is 271 g/mol. The van der Waals surface area contributed by atoms with Gasteiger partial charge in [-0.2, -0.15) is 0 Å². The molecule has 7 heteroatoms. The maximum Gasteiger partial charge on any atom is 0.247 e. The van der Waals surface area contributed by atoms with Crippen LogP contribution in [-0.2, 0) is 19.1 Å². The van der Waals surface area contributed by atoms with Crippen LogP contribution in [0.4, 0.5) is 0 Å². The molecule has 0 aromatic heterocycles. The fourth-order valence-corrected chi connectivity index (χ4v) is 1.92. The summed E-state index contributed by atoms with van der Waals surface area (Å²) in [7, 11) is 1.55. The first-order chi connectivity index (χ1) is 8.97. The molecule has 0 aliphatic carbocycles. The van der Waals surface area contributed by atoms with Gasteiger partial charge in [0.15, 0.2) is 0 Å². The number of nitrogens with zero attached hydrogens (tertiary/aromatic N) is 1. The summed E-state index contributed by atoms with van der Waals surface area (Å²) in [6.07, 6.45) is 0.113. The Bertz CT molecular complexity index is 357. The van der Waals surface area contributed by atoms with E-state index in [2.05, 4.69) is 10.6 Å². The van der Waals surface area contributed by atoms with Crippen molar-refractivity contribution in [2.45, 2.75) is 32.4 Å². The Morgan fingerprint density at radius 3 is 2.68 bits per heavy atom. The lowest BCUT2D eigenvalue weighted by Crippen LogP contribution is -2.45. The molecule has 19 heavy (non-hydrogen) atoms. The van der Waals surface area contributed by atoms with E-state index in [1.165, 1.54) is 4.90 Å². The predicted molar refractivity (Wildman–Crippen MR) is 68.3 cm³/mol. The average molecular weight is 271 g/mol. The highest BCUT2D eigenvalue weighted by atomic mass is 16.5. The van der Waals surface area contributed by atoms with E-state index in [0.717, 1.165) is 0 Å². The number of likely N-dealkylation sites (tertiary alicyclic amines) is 1. The van der Waals surface area contributed by atoms with Crippen molar-refractivity contribution in [3.8, 4) is 0 Å². The maximum absolute atomic E-state index is 11.9. The molecular formula is C12H21N3O4. The number of imide groups is 1. The van der Waals surface area contributed by atoms with Crippen molar-refractivity contribution in [2.75, 3.05) is 26.8 Å². The molecule has 1 unspecified atom stereocenters. The Balaban J connectivity index is 2.36. The molecule has 0 aromatic carbocycles. The number of amides is 3. The van der Waals surface area contributed by atoms with Crippen LogP contribution < -0.4 is 10.6 Å². The zero-order chi connectivity index (χ0) is 14.4. The molecule has 7 nitrogen and oxygen atoms in total. The van der Waals surface area contributed by atoms with Crippen molar-refractivity contribution in [3.63, 3.8) is 0 Å². The Morgan fingerprint density at radius 1 is 1.47 bits per heavy atom. The van der Waals surface area contributed by atoms with E-state index in [-0.39, 0.29) is 36.7 Å². The van der Waals surface area contributed by atoms with Gasteiger partial charge in [-0.25, -0.2) is 0 Å². The first-order valence-electron chi connectivity index (χ1n) is 6.32. The fraction of sp³-hybridized carbons (Fsp3) is 0.750. The predicted octanol–water partition coefficient (Wildman–Crippen LogP) is -1.13. The van der Waals surface area contributed by atoms with E-state index in [9.17, 15) is 14.4 Å². The fourth-order valence-electron chi connectivity index (χ4n) is 1.92. The van der Waals surface area contributed by atoms with Gasteiger partial charge in [0.1, 0.15) is 0 Å². The number of carbonyl (C=O) groups is 3. The lowest BCUT2D eigenvalue weighted by Gasteiger charge is -2.19. The normalized spacial score (nSPS) is 19.4. The van der Waals surface area contributed by atoms with Crippen molar-refractivity contribution in [3.05, 3.63) is 0 Å². The second-order valence-corrected chi connectivity index (χ2v) is 4.68. The number of hydrogen-bond donors (Lipinski definition) is 2. The van der Waals surface area contributed by atoms with Crippen LogP contribution in [0.3, 0.4) is 0 Å². The Labute approximate surface area is 112 Å². The second-order valence-electron chi connectivity index (χ2n) is 4.68. The standard InChI is InChI=1S/C12H21N3O4/c1-8(2)15-11(17)6-9(12(15)18)14-7-10(16)13-4-5-19-3/h8-9,14H,4-7H2,1-3H3,(H,13,16). The summed E-state index contributed by atoms with van der Waals surface area (Å²) in [6, 6.07) is -0.745. The topological polar surface area (TPSA) is 87.7 Å². The number of nitrogens with one attached hydrogen (secondary N) is 2. The molecule has 0 saturated carbocycles. The molecule has 0 spiro atoms. The van der Waals surface area contributed by atoms with E-state index in [1.807, 2.05) is 0 Å². The van der Waals surface area contributed by atoms with Gasteiger partial charge in [-0.05, 0) is 13.8 Å². The van der Waals surface area contributed by atoms with Crippen LogP contribution in [0.2, 0.25) is 0 Å². The zero-order valence-electron chi connectivity index (χ0n) is 11.6. The second kappa shape index (κ2) is 7.20. The summed E-state index contributed by atoms with van der Waals surface area (Å²) in [4.78, 5) is 36.2. The lowest BCUT2D eigenvalue weighted by molar-refractivity contribution is -0.140. The third kappa shape index (κ3) is 4.29. The molecule has 1 saturated heterocycles. The van der Waals surface area contributed by atoms with Gasteiger partial charge in [-0.1, -0.05) is 0 Å². The van der Waals surface area contributed by atoms with E-state index < -0.39 is 6.04 Å². The maximum atomic E-state index is 11.9. The number of ether oxygens (including phenoxy) is 1.